The molecule has 0 saturated carbocycles. The molecule has 1 aliphatic rings. The van der Waals surface area contributed by atoms with E-state index in [-0.39, 0.29) is 5.41 Å². The SMILES string of the molecule is CN1\C(=C/C=N/N=c2/sc3ccccc3n2C)C(C)(C)c2ccccc21. The Labute approximate surface area is 157 Å². The number of benzene rings is 2. The van der Waals surface area contributed by atoms with Gasteiger partial charge in [-0.1, -0.05) is 55.5 Å². The van der Waals surface area contributed by atoms with Crippen molar-refractivity contribution in [3.05, 3.63) is 70.7 Å². The van der Waals surface area contributed by atoms with Crippen molar-refractivity contribution in [2.75, 3.05) is 11.9 Å². The Kier molecular flexibility index (Phi) is 4.04. The van der Waals surface area contributed by atoms with Gasteiger partial charge in [0.15, 0.2) is 0 Å². The van der Waals surface area contributed by atoms with Crippen LogP contribution in [0.4, 0.5) is 5.69 Å². The molecule has 1 aromatic heterocycles. The molecule has 0 atom stereocenters. The van der Waals surface area contributed by atoms with Gasteiger partial charge in [-0.15, -0.1) is 5.10 Å². The van der Waals surface area contributed by atoms with Crippen molar-refractivity contribution in [1.82, 2.24) is 4.57 Å². The third-order valence-corrected chi connectivity index (χ3v) is 6.20. The van der Waals surface area contributed by atoms with Gasteiger partial charge in [-0.25, -0.2) is 0 Å². The van der Waals surface area contributed by atoms with Crippen LogP contribution in [0, 0.1) is 0 Å². The van der Waals surface area contributed by atoms with E-state index in [0.29, 0.717) is 0 Å². The Balaban J connectivity index is 1.67. The van der Waals surface area contributed by atoms with Crippen LogP contribution in [0.1, 0.15) is 19.4 Å². The van der Waals surface area contributed by atoms with Gasteiger partial charge in [-0.3, -0.25) is 0 Å². The summed E-state index contributed by atoms with van der Waals surface area (Å²) in [6.45, 7) is 4.50. The van der Waals surface area contributed by atoms with Crippen LogP contribution in [0.15, 0.2) is 70.5 Å². The second kappa shape index (κ2) is 6.25. The highest BCUT2D eigenvalue weighted by molar-refractivity contribution is 7.16. The second-order valence-electron chi connectivity index (χ2n) is 7.03. The Hall–Kier alpha value is -2.66. The van der Waals surface area contributed by atoms with E-state index in [9.17, 15) is 0 Å². The largest absolute Gasteiger partial charge is 0.347 e. The molecule has 0 aliphatic carbocycles. The van der Waals surface area contributed by atoms with Crippen molar-refractivity contribution in [2.24, 2.45) is 17.3 Å². The molecular weight excluding hydrogens is 340 g/mol. The van der Waals surface area contributed by atoms with Crippen molar-refractivity contribution < 1.29 is 0 Å². The van der Waals surface area contributed by atoms with Crippen LogP contribution in [0.5, 0.6) is 0 Å². The number of rotatable bonds is 2. The molecule has 2 aromatic carbocycles. The molecule has 0 radical (unpaired) electrons. The van der Waals surface area contributed by atoms with Crippen LogP contribution >= 0.6 is 11.3 Å². The molecule has 3 aromatic rings. The molecule has 0 N–H and O–H groups in total. The maximum Gasteiger partial charge on any atom is 0.211 e. The highest BCUT2D eigenvalue weighted by Crippen LogP contribution is 2.46. The first-order chi connectivity index (χ1) is 12.5. The lowest BCUT2D eigenvalue weighted by Crippen LogP contribution is -2.23. The number of fused-ring (bicyclic) bond motifs is 2. The summed E-state index contributed by atoms with van der Waals surface area (Å²) in [7, 11) is 4.13. The summed E-state index contributed by atoms with van der Waals surface area (Å²) in [5, 5.41) is 8.72. The fourth-order valence-electron chi connectivity index (χ4n) is 3.67. The summed E-state index contributed by atoms with van der Waals surface area (Å²) in [5.41, 5.74) is 4.95. The van der Waals surface area contributed by atoms with Gasteiger partial charge < -0.3 is 9.47 Å². The first-order valence-electron chi connectivity index (χ1n) is 8.66. The van der Waals surface area contributed by atoms with E-state index in [1.807, 2.05) is 19.2 Å². The smallest absolute Gasteiger partial charge is 0.211 e. The summed E-state index contributed by atoms with van der Waals surface area (Å²) in [6, 6.07) is 16.8. The van der Waals surface area contributed by atoms with Crippen LogP contribution in [-0.2, 0) is 12.5 Å². The number of anilines is 1. The monoisotopic (exact) mass is 362 g/mol. The molecule has 1 aliphatic heterocycles. The van der Waals surface area contributed by atoms with Crippen LogP contribution < -0.4 is 9.70 Å². The maximum absolute atomic E-state index is 4.41. The molecule has 4 nitrogen and oxygen atoms in total. The first-order valence-corrected chi connectivity index (χ1v) is 9.47. The lowest BCUT2D eigenvalue weighted by atomic mass is 9.84. The number of nitrogens with zero attached hydrogens (tertiary/aromatic N) is 4. The summed E-state index contributed by atoms with van der Waals surface area (Å²) in [4.78, 5) is 3.13. The number of aromatic nitrogens is 1. The molecule has 0 fully saturated rings. The van der Waals surface area contributed by atoms with Gasteiger partial charge >= 0.3 is 0 Å². The van der Waals surface area contributed by atoms with Crippen molar-refractivity contribution in [3.63, 3.8) is 0 Å². The number of hydrogen-bond donors (Lipinski definition) is 0. The molecular formula is C21H22N4S. The zero-order valence-corrected chi connectivity index (χ0v) is 16.3. The average Bonchev–Trinajstić information content (AvgIpc) is 3.06. The van der Waals surface area contributed by atoms with E-state index in [1.165, 1.54) is 27.2 Å². The molecule has 5 heteroatoms. The summed E-state index contributed by atoms with van der Waals surface area (Å²) in [5.74, 6) is 0. The molecule has 26 heavy (non-hydrogen) atoms. The molecule has 0 spiro atoms. The van der Waals surface area contributed by atoms with Crippen LogP contribution in [-0.4, -0.2) is 17.8 Å². The van der Waals surface area contributed by atoms with E-state index in [1.54, 1.807) is 17.6 Å². The molecule has 0 bridgehead atoms. The van der Waals surface area contributed by atoms with Crippen LogP contribution in [0.3, 0.4) is 0 Å². The Morgan fingerprint density at radius 3 is 2.50 bits per heavy atom. The average molecular weight is 363 g/mol. The number of para-hydroxylation sites is 2. The molecule has 2 heterocycles. The molecule has 0 amide bonds. The minimum atomic E-state index is -0.0420. The van der Waals surface area contributed by atoms with Gasteiger partial charge in [-0.05, 0) is 29.8 Å². The van der Waals surface area contributed by atoms with Crippen molar-refractivity contribution >= 4 is 33.5 Å². The number of allylic oxidation sites excluding steroid dienone is 2. The lowest BCUT2D eigenvalue weighted by Gasteiger charge is -2.23. The highest BCUT2D eigenvalue weighted by atomic mass is 32.1. The van der Waals surface area contributed by atoms with Gasteiger partial charge in [0, 0.05) is 30.9 Å². The molecule has 0 saturated heterocycles. The molecule has 132 valence electrons. The number of aryl methyl sites for hydroxylation is 1. The first kappa shape index (κ1) is 16.8. The Bertz CT molecular complexity index is 1100. The second-order valence-corrected chi connectivity index (χ2v) is 8.04. The lowest BCUT2D eigenvalue weighted by molar-refractivity contribution is 0.641. The fraction of sp³-hybridized carbons (Fsp3) is 0.238. The zero-order valence-electron chi connectivity index (χ0n) is 15.5. The highest BCUT2D eigenvalue weighted by Gasteiger charge is 2.37. The van der Waals surface area contributed by atoms with Crippen molar-refractivity contribution in [3.8, 4) is 0 Å². The van der Waals surface area contributed by atoms with Gasteiger partial charge in [0.25, 0.3) is 0 Å². The van der Waals surface area contributed by atoms with Crippen LogP contribution in [0.25, 0.3) is 10.2 Å². The van der Waals surface area contributed by atoms with Crippen LogP contribution in [0.2, 0.25) is 0 Å². The Morgan fingerprint density at radius 2 is 1.73 bits per heavy atom. The normalized spacial score (nSPS) is 18.4. The fourth-order valence-corrected chi connectivity index (χ4v) is 4.64. The topological polar surface area (TPSA) is 32.9 Å². The quantitative estimate of drug-likeness (QED) is 0.490. The van der Waals surface area contributed by atoms with Gasteiger partial charge in [-0.2, -0.15) is 5.10 Å². The van der Waals surface area contributed by atoms with Gasteiger partial charge in [0.2, 0.25) is 4.80 Å². The Morgan fingerprint density at radius 1 is 1.00 bits per heavy atom. The number of likely N-dealkylation sites (N-methyl/N-ethyl adjacent to an activating group) is 1. The van der Waals surface area contributed by atoms with Crippen molar-refractivity contribution in [1.29, 1.82) is 0 Å². The molecule has 0 unspecified atom stereocenters. The summed E-state index contributed by atoms with van der Waals surface area (Å²) in [6.07, 6.45) is 3.86. The van der Waals surface area contributed by atoms with Gasteiger partial charge in [0.1, 0.15) is 0 Å². The minimum Gasteiger partial charge on any atom is -0.347 e. The van der Waals surface area contributed by atoms with Gasteiger partial charge in [0.05, 0.1) is 16.4 Å². The predicted octanol–water partition coefficient (Wildman–Crippen LogP) is 4.44. The molecule has 4 rings (SSSR count). The third-order valence-electron chi connectivity index (χ3n) is 5.10. The number of hydrogen-bond acceptors (Lipinski definition) is 4. The summed E-state index contributed by atoms with van der Waals surface area (Å²) < 4.78 is 3.29. The van der Waals surface area contributed by atoms with E-state index >= 15 is 0 Å². The van der Waals surface area contributed by atoms with E-state index in [2.05, 4.69) is 83.0 Å². The van der Waals surface area contributed by atoms with E-state index in [0.717, 1.165) is 4.80 Å². The maximum atomic E-state index is 4.41. The minimum absolute atomic E-state index is 0.0420. The summed E-state index contributed by atoms with van der Waals surface area (Å²) >= 11 is 1.65. The zero-order chi connectivity index (χ0) is 18.3. The third kappa shape index (κ3) is 2.59. The van der Waals surface area contributed by atoms with E-state index in [4.69, 9.17) is 0 Å². The van der Waals surface area contributed by atoms with E-state index < -0.39 is 0 Å². The van der Waals surface area contributed by atoms with Crippen molar-refractivity contribution in [2.45, 2.75) is 19.3 Å². The predicted molar refractivity (Wildman–Crippen MR) is 111 cm³/mol. The standard InChI is InChI=1S/C21H22N4S/c1-21(2)15-9-5-6-10-16(15)24(3)19(21)13-14-22-23-20-25(4)17-11-7-8-12-18(17)26-20/h5-14H,1-4H3/b19-13-,22-14+,23-20+. The number of thiazole rings is 1.